The minimum atomic E-state index is -4.01. The van der Waals surface area contributed by atoms with E-state index in [1.54, 1.807) is 11.0 Å². The second kappa shape index (κ2) is 12.3. The summed E-state index contributed by atoms with van der Waals surface area (Å²) in [7, 11) is -2.55. The van der Waals surface area contributed by atoms with Crippen molar-refractivity contribution in [3.8, 4) is 29.4 Å². The van der Waals surface area contributed by atoms with Crippen LogP contribution in [0.25, 0.3) is 32.9 Å². The van der Waals surface area contributed by atoms with Crippen molar-refractivity contribution in [2.45, 2.75) is 82.3 Å². The summed E-state index contributed by atoms with van der Waals surface area (Å²) in [5, 5.41) is 0.503. The number of benzene rings is 2. The Hall–Kier alpha value is -4.61. The third-order valence-electron chi connectivity index (χ3n) is 9.61. The predicted molar refractivity (Wildman–Crippen MR) is 183 cm³/mol. The van der Waals surface area contributed by atoms with E-state index in [2.05, 4.69) is 15.9 Å². The van der Waals surface area contributed by atoms with Crippen LogP contribution in [0.15, 0.2) is 29.4 Å². The van der Waals surface area contributed by atoms with Gasteiger partial charge in [-0.15, -0.1) is 6.42 Å². The maximum atomic E-state index is 17.2. The number of terminal acetylenes is 1. The Labute approximate surface area is 288 Å². The Bertz CT molecular complexity index is 2220. The molecule has 0 saturated carbocycles. The number of pyridine rings is 1. The molecule has 14 heteroatoms. The minimum Gasteiger partial charge on any atom is -0.468 e. The second-order valence-corrected chi connectivity index (χ2v) is 16.0. The van der Waals surface area contributed by atoms with Gasteiger partial charge < -0.3 is 19.1 Å². The Morgan fingerprint density at radius 3 is 2.56 bits per heavy atom. The number of sulfone groups is 1. The maximum Gasteiger partial charge on any atom is 0.410 e. The van der Waals surface area contributed by atoms with Crippen LogP contribution in [-0.2, 0) is 25.7 Å². The molecule has 0 aliphatic carbocycles. The van der Waals surface area contributed by atoms with Gasteiger partial charge in [0.1, 0.15) is 34.2 Å². The van der Waals surface area contributed by atoms with Crippen molar-refractivity contribution in [3.63, 3.8) is 0 Å². The monoisotopic (exact) mass is 705 g/mol. The van der Waals surface area contributed by atoms with Crippen LogP contribution in [0.2, 0.25) is 0 Å². The van der Waals surface area contributed by atoms with Gasteiger partial charge in [0, 0.05) is 24.6 Å². The number of piperazine rings is 1. The molecule has 0 spiro atoms. The maximum absolute atomic E-state index is 17.2. The van der Waals surface area contributed by atoms with Gasteiger partial charge in [-0.3, -0.25) is 4.90 Å². The highest BCUT2D eigenvalue weighted by molar-refractivity contribution is 7.91. The Balaban J connectivity index is 1.47. The van der Waals surface area contributed by atoms with E-state index in [4.69, 9.17) is 25.6 Å². The zero-order valence-corrected chi connectivity index (χ0v) is 29.2. The van der Waals surface area contributed by atoms with Crippen LogP contribution in [0.5, 0.6) is 5.75 Å². The molecule has 262 valence electrons. The van der Waals surface area contributed by atoms with Gasteiger partial charge in [-0.25, -0.2) is 36.9 Å². The molecule has 2 aromatic heterocycles. The lowest BCUT2D eigenvalue weighted by Gasteiger charge is -2.47. The summed E-state index contributed by atoms with van der Waals surface area (Å²) in [4.78, 5) is 31.1. The molecule has 0 radical (unpaired) electrons. The molecule has 2 fully saturated rings. The highest BCUT2D eigenvalue weighted by Gasteiger charge is 2.51. The quantitative estimate of drug-likeness (QED) is 0.139. The van der Waals surface area contributed by atoms with Gasteiger partial charge in [-0.2, -0.15) is 0 Å². The number of carbonyl (C=O) groups excluding carboxylic acids is 1. The lowest BCUT2D eigenvalue weighted by Crippen LogP contribution is -2.62. The summed E-state index contributed by atoms with van der Waals surface area (Å²) in [5.41, 5.74) is -0.602. The van der Waals surface area contributed by atoms with Gasteiger partial charge in [-0.1, -0.05) is 18.9 Å². The number of nitrogens with zero attached hydrogens (tertiary/aromatic N) is 5. The number of hydrogen-bond donors (Lipinski definition) is 0. The summed E-state index contributed by atoms with van der Waals surface area (Å²) in [6.07, 6.45) is 7.64. The minimum absolute atomic E-state index is 0.0871. The van der Waals surface area contributed by atoms with E-state index < -0.39 is 38.3 Å². The van der Waals surface area contributed by atoms with Crippen molar-refractivity contribution in [2.75, 3.05) is 31.1 Å². The van der Waals surface area contributed by atoms with Crippen LogP contribution in [0.1, 0.15) is 58.2 Å². The summed E-state index contributed by atoms with van der Waals surface area (Å²) in [6.45, 7) is 7.16. The third-order valence-corrected chi connectivity index (χ3v) is 11.1. The Morgan fingerprint density at radius 2 is 1.86 bits per heavy atom. The molecule has 2 saturated heterocycles. The molecule has 11 nitrogen and oxygen atoms in total. The number of fused-ring (bicyclic) bond motifs is 6. The van der Waals surface area contributed by atoms with Crippen molar-refractivity contribution < 1.29 is 36.2 Å². The van der Waals surface area contributed by atoms with Crippen molar-refractivity contribution >= 4 is 43.4 Å². The summed E-state index contributed by atoms with van der Waals surface area (Å²) in [6, 6.07) is 5.13. The molecule has 5 heterocycles. The fourth-order valence-corrected chi connectivity index (χ4v) is 8.22. The number of anilines is 1. The average molecular weight is 706 g/mol. The van der Waals surface area contributed by atoms with Crippen LogP contribution in [0.4, 0.5) is 19.4 Å². The number of carbonyl (C=O) groups is 1. The fraction of sp³-hybridized carbons (Fsp3) is 0.444. The predicted octanol–water partition coefficient (Wildman–Crippen LogP) is 5.78. The molecule has 0 N–H and O–H groups in total. The van der Waals surface area contributed by atoms with E-state index in [-0.39, 0.29) is 64.2 Å². The Morgan fingerprint density at radius 1 is 1.08 bits per heavy atom. The number of halogens is 2. The fourth-order valence-electron chi connectivity index (χ4n) is 7.51. The summed E-state index contributed by atoms with van der Waals surface area (Å²) >= 11 is 0. The van der Waals surface area contributed by atoms with Crippen molar-refractivity contribution in [1.29, 1.82) is 0 Å². The highest BCUT2D eigenvalue weighted by Crippen LogP contribution is 2.45. The summed E-state index contributed by atoms with van der Waals surface area (Å²) < 4.78 is 75.6. The van der Waals surface area contributed by atoms with Gasteiger partial charge in [0.15, 0.2) is 12.6 Å². The molecule has 3 atom stereocenters. The van der Waals surface area contributed by atoms with Gasteiger partial charge in [-0.05, 0) is 70.0 Å². The molecule has 1 amide bonds. The standard InChI is InChI=1S/C36H37F2N5O6S/c1-7-22-24(37)11-9-19-15-21(48-18-47-6)16-23(28(19)22)31-30(38)32-29-25(39-31)12-14-26-27-13-10-20(43(27)35(44)49-36(3,4)5)17-42(26)33(29)41-34(40-32)50(45,46)8-2/h1,9,11,15-16,20,26-27H,8,10,12-14,17-18H2,2-6H3/t20-,26-,27+/m1/s1. The van der Waals surface area contributed by atoms with Gasteiger partial charge in [0.25, 0.3) is 0 Å². The van der Waals surface area contributed by atoms with E-state index in [9.17, 15) is 13.2 Å². The number of amides is 1. The first-order valence-electron chi connectivity index (χ1n) is 16.5. The van der Waals surface area contributed by atoms with E-state index in [1.165, 1.54) is 32.2 Å². The van der Waals surface area contributed by atoms with E-state index in [0.717, 1.165) is 6.42 Å². The Kier molecular flexibility index (Phi) is 8.34. The first-order valence-corrected chi connectivity index (χ1v) is 18.2. The molecule has 2 bridgehead atoms. The van der Waals surface area contributed by atoms with Gasteiger partial charge in [0.05, 0.1) is 40.5 Å². The van der Waals surface area contributed by atoms with Crippen LogP contribution < -0.4 is 9.64 Å². The first kappa shape index (κ1) is 33.9. The van der Waals surface area contributed by atoms with E-state index >= 15 is 8.78 Å². The summed E-state index contributed by atoms with van der Waals surface area (Å²) in [5.74, 6) is 1.06. The topological polar surface area (TPSA) is 124 Å². The van der Waals surface area contributed by atoms with Crippen LogP contribution in [0.3, 0.4) is 0 Å². The second-order valence-electron chi connectivity index (χ2n) is 13.8. The molecule has 4 aromatic rings. The van der Waals surface area contributed by atoms with Crippen molar-refractivity contribution in [1.82, 2.24) is 19.9 Å². The lowest BCUT2D eigenvalue weighted by molar-refractivity contribution is 0.00721. The number of aryl methyl sites for hydroxylation is 1. The van der Waals surface area contributed by atoms with Gasteiger partial charge in [0.2, 0.25) is 15.0 Å². The number of rotatable bonds is 6. The zero-order chi connectivity index (χ0) is 35.7. The molecule has 50 heavy (non-hydrogen) atoms. The van der Waals surface area contributed by atoms with Crippen molar-refractivity contribution in [2.24, 2.45) is 0 Å². The SMILES string of the molecule is C#Cc1c(F)ccc2cc(OCOC)cc(-c3nc4c5c(nc(S(=O)(=O)CC)nc5c3F)N3C[C@H]5CC[C@@H]([C@H]3CC4)N5C(=O)OC(C)(C)C)c12. The van der Waals surface area contributed by atoms with E-state index in [0.29, 0.717) is 48.0 Å². The van der Waals surface area contributed by atoms with Crippen LogP contribution in [0, 0.1) is 24.0 Å². The molecular weight excluding hydrogens is 668 g/mol. The van der Waals surface area contributed by atoms with Crippen LogP contribution >= 0.6 is 0 Å². The molecule has 7 rings (SSSR count). The third kappa shape index (κ3) is 5.56. The number of hydrogen-bond acceptors (Lipinski definition) is 10. The first-order chi connectivity index (χ1) is 23.8. The molecule has 0 unspecified atom stereocenters. The highest BCUT2D eigenvalue weighted by atomic mass is 32.2. The lowest BCUT2D eigenvalue weighted by atomic mass is 9.95. The number of ether oxygens (including phenoxy) is 3. The van der Waals surface area contributed by atoms with E-state index in [1.807, 2.05) is 25.7 Å². The van der Waals surface area contributed by atoms with Crippen LogP contribution in [-0.4, -0.2) is 84.3 Å². The van der Waals surface area contributed by atoms with Gasteiger partial charge >= 0.3 is 6.09 Å². The number of methoxy groups -OCH3 is 1. The molecule has 3 aliphatic heterocycles. The average Bonchev–Trinajstić information content (AvgIpc) is 3.31. The largest absolute Gasteiger partial charge is 0.468 e. The zero-order valence-electron chi connectivity index (χ0n) is 28.4. The smallest absolute Gasteiger partial charge is 0.410 e. The number of aromatic nitrogens is 3. The molecule has 3 aliphatic rings. The normalized spacial score (nSPS) is 20.1. The molecule has 2 aromatic carbocycles. The van der Waals surface area contributed by atoms with Crippen molar-refractivity contribution in [3.05, 3.63) is 47.2 Å². The molecular formula is C36H37F2N5O6S.